The molecule has 0 saturated carbocycles. The summed E-state index contributed by atoms with van der Waals surface area (Å²) in [5, 5.41) is 12.0. The van der Waals surface area contributed by atoms with Gasteiger partial charge in [0.25, 0.3) is 11.8 Å². The third kappa shape index (κ3) is 7.56. The minimum atomic E-state index is -0.680. The van der Waals surface area contributed by atoms with Crippen molar-refractivity contribution >= 4 is 11.8 Å². The van der Waals surface area contributed by atoms with Crippen LogP contribution in [-0.4, -0.2) is 60.8 Å². The Hall–Kier alpha value is -2.94. The number of carbonyl (C=O) groups is 2. The molecule has 0 radical (unpaired) electrons. The van der Waals surface area contributed by atoms with Crippen molar-refractivity contribution in [2.24, 2.45) is 0 Å². The predicted molar refractivity (Wildman–Crippen MR) is 124 cm³/mol. The average Bonchev–Trinajstić information content (AvgIpc) is 2.78. The van der Waals surface area contributed by atoms with E-state index in [2.05, 4.69) is 37.4 Å². The lowest BCUT2D eigenvalue weighted by molar-refractivity contribution is -0.135. The second-order valence-corrected chi connectivity index (χ2v) is 8.37. The van der Waals surface area contributed by atoms with Crippen LogP contribution in [0.4, 0.5) is 0 Å². The van der Waals surface area contributed by atoms with Crippen molar-refractivity contribution < 1.29 is 24.3 Å². The van der Waals surface area contributed by atoms with Crippen LogP contribution in [0.3, 0.4) is 0 Å². The molecule has 1 saturated heterocycles. The van der Waals surface area contributed by atoms with Gasteiger partial charge in [0.2, 0.25) is 0 Å². The van der Waals surface area contributed by atoms with Gasteiger partial charge in [-0.05, 0) is 63.1 Å². The Kier molecular flexibility index (Phi) is 9.24. The number of nitrogens with zero attached hydrogens (tertiary/aromatic N) is 1. The van der Waals surface area contributed by atoms with Crippen molar-refractivity contribution in [3.8, 4) is 5.75 Å². The summed E-state index contributed by atoms with van der Waals surface area (Å²) in [6.07, 6.45) is 1.79. The highest BCUT2D eigenvalue weighted by molar-refractivity contribution is 5.94. The summed E-state index contributed by atoms with van der Waals surface area (Å²) >= 11 is 0. The molecule has 0 bridgehead atoms. The topological polar surface area (TPSA) is 100 Å². The van der Waals surface area contributed by atoms with Gasteiger partial charge in [-0.1, -0.05) is 29.3 Å². The van der Waals surface area contributed by atoms with Gasteiger partial charge in [0, 0.05) is 25.3 Å². The molecular formula is C25H33N3O5. The number of rotatable bonds is 8. The molecule has 1 aliphatic heterocycles. The number of hydroxylamine groups is 1. The summed E-state index contributed by atoms with van der Waals surface area (Å²) < 4.78 is 11.4. The van der Waals surface area contributed by atoms with Gasteiger partial charge in [-0.15, -0.1) is 0 Å². The van der Waals surface area contributed by atoms with Gasteiger partial charge in [0.05, 0.1) is 6.61 Å². The number of carbonyl (C=O) groups excluding carboxylic acids is 2. The maximum atomic E-state index is 12.6. The van der Waals surface area contributed by atoms with Crippen LogP contribution < -0.4 is 15.5 Å². The van der Waals surface area contributed by atoms with Crippen LogP contribution in [0.15, 0.2) is 42.5 Å². The fraction of sp³-hybridized carbons (Fsp3) is 0.440. The highest BCUT2D eigenvalue weighted by Gasteiger charge is 2.26. The van der Waals surface area contributed by atoms with E-state index in [0.717, 1.165) is 18.4 Å². The number of ether oxygens (including phenoxy) is 2. The molecule has 2 aromatic carbocycles. The van der Waals surface area contributed by atoms with E-state index in [1.807, 2.05) is 4.90 Å². The van der Waals surface area contributed by atoms with Gasteiger partial charge in [-0.3, -0.25) is 19.7 Å². The second kappa shape index (κ2) is 12.3. The summed E-state index contributed by atoms with van der Waals surface area (Å²) in [4.78, 5) is 26.8. The Morgan fingerprint density at radius 1 is 1.06 bits per heavy atom. The molecule has 1 aliphatic rings. The Labute approximate surface area is 194 Å². The second-order valence-electron chi connectivity index (χ2n) is 8.37. The van der Waals surface area contributed by atoms with E-state index in [-0.39, 0.29) is 12.5 Å². The maximum absolute atomic E-state index is 12.6. The Morgan fingerprint density at radius 2 is 1.79 bits per heavy atom. The molecular weight excluding hydrogens is 422 g/mol. The first-order valence-electron chi connectivity index (χ1n) is 11.3. The summed E-state index contributed by atoms with van der Waals surface area (Å²) in [5.41, 5.74) is 5.66. The van der Waals surface area contributed by atoms with E-state index in [4.69, 9.17) is 14.7 Å². The molecule has 8 heteroatoms. The number of hydrogen-bond donors (Lipinski definition) is 3. The van der Waals surface area contributed by atoms with Crippen molar-refractivity contribution in [1.82, 2.24) is 15.7 Å². The standard InChI is InChI=1S/C25H33N3O5/c1-18-13-19(2)15-20(14-18)17-33-22-7-5-21(6-8-22)24(29)26-16-23(25(30)27-31)28-9-3-4-11-32-12-10-28/h5-8,13-15,23,31H,3-4,9-12,16-17H2,1-2H3,(H,26,29)(H,27,30). The van der Waals surface area contributed by atoms with Crippen molar-refractivity contribution in [2.45, 2.75) is 39.3 Å². The first-order chi connectivity index (χ1) is 16.0. The maximum Gasteiger partial charge on any atom is 0.262 e. The molecule has 1 atom stereocenters. The van der Waals surface area contributed by atoms with Gasteiger partial charge in [-0.25, -0.2) is 5.48 Å². The Morgan fingerprint density at radius 3 is 2.48 bits per heavy atom. The molecule has 2 aromatic rings. The molecule has 3 rings (SSSR count). The van der Waals surface area contributed by atoms with Crippen molar-refractivity contribution in [2.75, 3.05) is 32.8 Å². The highest BCUT2D eigenvalue weighted by Crippen LogP contribution is 2.16. The van der Waals surface area contributed by atoms with Crippen LogP contribution in [0.25, 0.3) is 0 Å². The largest absolute Gasteiger partial charge is 0.489 e. The van der Waals surface area contributed by atoms with Crippen LogP contribution in [0, 0.1) is 13.8 Å². The predicted octanol–water partition coefficient (Wildman–Crippen LogP) is 2.60. The molecule has 0 aliphatic carbocycles. The zero-order chi connectivity index (χ0) is 23.6. The lowest BCUT2D eigenvalue weighted by atomic mass is 10.1. The van der Waals surface area contributed by atoms with E-state index in [0.29, 0.717) is 44.2 Å². The Bertz CT molecular complexity index is 904. The fourth-order valence-electron chi connectivity index (χ4n) is 4.00. The minimum absolute atomic E-state index is 0.0796. The summed E-state index contributed by atoms with van der Waals surface area (Å²) in [7, 11) is 0. The average molecular weight is 456 g/mol. The smallest absolute Gasteiger partial charge is 0.262 e. The quantitative estimate of drug-likeness (QED) is 0.418. The van der Waals surface area contributed by atoms with Crippen LogP contribution in [-0.2, 0) is 16.1 Å². The first-order valence-corrected chi connectivity index (χ1v) is 11.3. The third-order valence-corrected chi connectivity index (χ3v) is 5.62. The van der Waals surface area contributed by atoms with Gasteiger partial charge in [-0.2, -0.15) is 0 Å². The lowest BCUT2D eigenvalue weighted by Crippen LogP contribution is -2.53. The van der Waals surface area contributed by atoms with E-state index >= 15 is 0 Å². The molecule has 178 valence electrons. The van der Waals surface area contributed by atoms with Crippen LogP contribution in [0.1, 0.15) is 39.9 Å². The molecule has 1 unspecified atom stereocenters. The van der Waals surface area contributed by atoms with Crippen molar-refractivity contribution in [3.05, 3.63) is 64.7 Å². The number of hydrogen-bond acceptors (Lipinski definition) is 6. The summed E-state index contributed by atoms with van der Waals surface area (Å²) in [6.45, 7) is 7.12. The van der Waals surface area contributed by atoms with Crippen molar-refractivity contribution in [1.29, 1.82) is 0 Å². The lowest BCUT2D eigenvalue weighted by Gasteiger charge is -2.31. The van der Waals surface area contributed by atoms with E-state index in [1.54, 1.807) is 29.7 Å². The van der Waals surface area contributed by atoms with Crippen LogP contribution in [0.2, 0.25) is 0 Å². The van der Waals surface area contributed by atoms with Crippen LogP contribution in [0.5, 0.6) is 5.75 Å². The number of amides is 2. The SMILES string of the molecule is Cc1cc(C)cc(COc2ccc(C(=O)NCC(C(=O)NO)N3CCCCOCC3)cc2)c1. The normalized spacial score (nSPS) is 15.7. The van der Waals surface area contributed by atoms with Gasteiger partial charge in [0.15, 0.2) is 0 Å². The third-order valence-electron chi connectivity index (χ3n) is 5.62. The van der Waals surface area contributed by atoms with Gasteiger partial charge < -0.3 is 14.8 Å². The van der Waals surface area contributed by atoms with E-state index < -0.39 is 11.9 Å². The molecule has 0 aromatic heterocycles. The fourth-order valence-corrected chi connectivity index (χ4v) is 4.00. The number of aryl methyl sites for hydroxylation is 2. The summed E-state index contributed by atoms with van der Waals surface area (Å²) in [5.74, 6) is -0.176. The molecule has 2 amide bonds. The molecule has 1 fully saturated rings. The zero-order valence-corrected chi connectivity index (χ0v) is 19.3. The number of benzene rings is 2. The number of nitrogens with one attached hydrogen (secondary N) is 2. The van der Waals surface area contributed by atoms with Crippen LogP contribution >= 0.6 is 0 Å². The highest BCUT2D eigenvalue weighted by atomic mass is 16.5. The zero-order valence-electron chi connectivity index (χ0n) is 19.3. The van der Waals surface area contributed by atoms with E-state index in [1.165, 1.54) is 11.1 Å². The molecule has 3 N–H and O–H groups in total. The van der Waals surface area contributed by atoms with E-state index in [9.17, 15) is 9.59 Å². The summed E-state index contributed by atoms with van der Waals surface area (Å²) in [6, 6.07) is 12.5. The molecule has 0 spiro atoms. The molecule has 8 nitrogen and oxygen atoms in total. The molecule has 1 heterocycles. The first kappa shape index (κ1) is 24.7. The van der Waals surface area contributed by atoms with Gasteiger partial charge >= 0.3 is 0 Å². The van der Waals surface area contributed by atoms with Crippen molar-refractivity contribution in [3.63, 3.8) is 0 Å². The monoisotopic (exact) mass is 455 g/mol. The minimum Gasteiger partial charge on any atom is -0.489 e. The molecule has 33 heavy (non-hydrogen) atoms. The Balaban J connectivity index is 1.55. The van der Waals surface area contributed by atoms with Gasteiger partial charge in [0.1, 0.15) is 18.4 Å².